The zero-order valence-electron chi connectivity index (χ0n) is 25.1. The Balaban J connectivity index is 1.26. The van der Waals surface area contributed by atoms with E-state index in [1.165, 1.54) is 43.8 Å². The monoisotopic (exact) mass is 587 g/mol. The zero-order valence-corrected chi connectivity index (χ0v) is 25.1. The van der Waals surface area contributed by atoms with E-state index in [-0.39, 0.29) is 0 Å². The summed E-state index contributed by atoms with van der Waals surface area (Å²) >= 11 is 0. The second-order valence-electron chi connectivity index (χ2n) is 11.7. The highest BCUT2D eigenvalue weighted by Crippen LogP contribution is 2.43. The Labute approximate surface area is 267 Å². The second-order valence-corrected chi connectivity index (χ2v) is 11.7. The normalized spacial score (nSPS) is 11.5. The van der Waals surface area contributed by atoms with Gasteiger partial charge in [0.1, 0.15) is 11.2 Å². The predicted molar refractivity (Wildman–Crippen MR) is 194 cm³/mol. The van der Waals surface area contributed by atoms with E-state index in [2.05, 4.69) is 169 Å². The maximum atomic E-state index is 6.37. The molecule has 216 valence electrons. The van der Waals surface area contributed by atoms with E-state index in [1.54, 1.807) is 0 Å². The van der Waals surface area contributed by atoms with Gasteiger partial charge in [0.25, 0.3) is 0 Å². The fourth-order valence-electron chi connectivity index (χ4n) is 6.89. The van der Waals surface area contributed by atoms with Crippen LogP contribution in [-0.2, 0) is 0 Å². The lowest BCUT2D eigenvalue weighted by Gasteiger charge is -2.27. The van der Waals surface area contributed by atoms with E-state index in [0.29, 0.717) is 0 Å². The molecule has 0 aliphatic heterocycles. The van der Waals surface area contributed by atoms with Crippen LogP contribution in [0, 0.1) is 0 Å². The lowest BCUT2D eigenvalue weighted by atomic mass is 9.94. The van der Waals surface area contributed by atoms with Gasteiger partial charge >= 0.3 is 0 Å². The number of nitrogens with zero attached hydrogens (tertiary/aromatic N) is 1. The van der Waals surface area contributed by atoms with Crippen molar-refractivity contribution in [3.63, 3.8) is 0 Å². The molecule has 0 radical (unpaired) electrons. The van der Waals surface area contributed by atoms with Crippen LogP contribution >= 0.6 is 0 Å². The molecule has 9 rings (SSSR count). The smallest absolute Gasteiger partial charge is 0.137 e. The molecule has 2 heteroatoms. The molecule has 46 heavy (non-hydrogen) atoms. The van der Waals surface area contributed by atoms with Crippen molar-refractivity contribution in [2.45, 2.75) is 0 Å². The van der Waals surface area contributed by atoms with E-state index < -0.39 is 0 Å². The van der Waals surface area contributed by atoms with Crippen LogP contribution in [0.5, 0.6) is 0 Å². The molecule has 9 aromatic rings. The van der Waals surface area contributed by atoms with Crippen molar-refractivity contribution in [1.82, 2.24) is 0 Å². The Kier molecular flexibility index (Phi) is 6.17. The number of furan rings is 1. The maximum absolute atomic E-state index is 6.37. The lowest BCUT2D eigenvalue weighted by molar-refractivity contribution is 0.669. The van der Waals surface area contributed by atoms with E-state index in [0.717, 1.165) is 39.0 Å². The van der Waals surface area contributed by atoms with E-state index in [4.69, 9.17) is 4.42 Å². The predicted octanol–water partition coefficient (Wildman–Crippen LogP) is 12.7. The van der Waals surface area contributed by atoms with Gasteiger partial charge in [-0.1, -0.05) is 133 Å². The number of anilines is 3. The number of hydrogen-bond donors (Lipinski definition) is 0. The summed E-state index contributed by atoms with van der Waals surface area (Å²) in [5.74, 6) is 0. The molecule has 2 nitrogen and oxygen atoms in total. The van der Waals surface area contributed by atoms with Crippen LogP contribution in [0.2, 0.25) is 0 Å². The van der Waals surface area contributed by atoms with Crippen LogP contribution in [0.4, 0.5) is 17.1 Å². The van der Waals surface area contributed by atoms with Gasteiger partial charge in [-0.25, -0.2) is 0 Å². The Morgan fingerprint density at radius 1 is 0.326 bits per heavy atom. The fraction of sp³-hybridized carbons (Fsp3) is 0. The van der Waals surface area contributed by atoms with E-state index in [1.807, 2.05) is 12.1 Å². The molecular weight excluding hydrogens is 558 g/mol. The van der Waals surface area contributed by atoms with Crippen LogP contribution in [0.25, 0.3) is 65.7 Å². The van der Waals surface area contributed by atoms with Crippen LogP contribution in [-0.4, -0.2) is 0 Å². The Morgan fingerprint density at radius 2 is 0.891 bits per heavy atom. The average Bonchev–Trinajstić information content (AvgIpc) is 3.50. The molecule has 0 unspecified atom stereocenters. The molecule has 0 N–H and O–H groups in total. The Hall–Kier alpha value is -6.12. The first kappa shape index (κ1) is 26.3. The largest absolute Gasteiger partial charge is 0.456 e. The van der Waals surface area contributed by atoms with Gasteiger partial charge in [-0.3, -0.25) is 0 Å². The average molecular weight is 588 g/mol. The van der Waals surface area contributed by atoms with Crippen LogP contribution < -0.4 is 4.90 Å². The summed E-state index contributed by atoms with van der Waals surface area (Å²) in [6.45, 7) is 0. The second kappa shape index (κ2) is 10.8. The van der Waals surface area contributed by atoms with Gasteiger partial charge in [-0.15, -0.1) is 0 Å². The first-order chi connectivity index (χ1) is 22.8. The molecule has 1 aromatic heterocycles. The summed E-state index contributed by atoms with van der Waals surface area (Å²) in [6.07, 6.45) is 0. The van der Waals surface area contributed by atoms with Gasteiger partial charge in [0, 0.05) is 33.6 Å². The minimum Gasteiger partial charge on any atom is -0.456 e. The molecule has 0 amide bonds. The molecule has 0 spiro atoms. The topological polar surface area (TPSA) is 16.4 Å². The van der Waals surface area contributed by atoms with Crippen LogP contribution in [0.15, 0.2) is 180 Å². The maximum Gasteiger partial charge on any atom is 0.137 e. The van der Waals surface area contributed by atoms with Crippen molar-refractivity contribution in [2.75, 3.05) is 4.90 Å². The van der Waals surface area contributed by atoms with Gasteiger partial charge in [0.2, 0.25) is 0 Å². The van der Waals surface area contributed by atoms with Crippen molar-refractivity contribution in [3.8, 4) is 22.3 Å². The van der Waals surface area contributed by atoms with Crippen molar-refractivity contribution < 1.29 is 4.42 Å². The summed E-state index contributed by atoms with van der Waals surface area (Å²) in [7, 11) is 0. The summed E-state index contributed by atoms with van der Waals surface area (Å²) in [4.78, 5) is 2.36. The molecule has 0 aliphatic rings. The van der Waals surface area contributed by atoms with Gasteiger partial charge < -0.3 is 9.32 Å². The Bertz CT molecular complexity index is 2510. The summed E-state index contributed by atoms with van der Waals surface area (Å²) in [5.41, 5.74) is 9.89. The SMILES string of the molecule is c1ccc(-c2ccc(N(c3ccc4c(c3)oc3ccccc34)c3cccc4c3ccc3c(-c5ccccc5)cccc34)cc2)cc1. The highest BCUT2D eigenvalue weighted by Gasteiger charge is 2.19. The van der Waals surface area contributed by atoms with Crippen LogP contribution in [0.3, 0.4) is 0 Å². The molecule has 0 atom stereocenters. The van der Waals surface area contributed by atoms with Gasteiger partial charge in [-0.05, 0) is 74.8 Å². The van der Waals surface area contributed by atoms with Gasteiger partial charge in [-0.2, -0.15) is 0 Å². The standard InChI is InChI=1S/C44H29NO/c1-3-11-30(12-4-1)31-21-23-33(24-22-31)45(34-25-26-41-40-15-7-8-20-43(40)46-44(41)29-34)42-19-10-18-37-36-17-9-16-35(32-13-5-2-6-14-32)38(36)27-28-39(37)42/h1-29H. The van der Waals surface area contributed by atoms with Crippen molar-refractivity contribution in [2.24, 2.45) is 0 Å². The third-order valence-corrected chi connectivity index (χ3v) is 9.07. The van der Waals surface area contributed by atoms with Crippen molar-refractivity contribution in [1.29, 1.82) is 0 Å². The van der Waals surface area contributed by atoms with Gasteiger partial charge in [0.05, 0.1) is 5.69 Å². The fourth-order valence-corrected chi connectivity index (χ4v) is 6.89. The summed E-state index contributed by atoms with van der Waals surface area (Å²) in [5, 5.41) is 7.17. The third-order valence-electron chi connectivity index (χ3n) is 9.07. The first-order valence-electron chi connectivity index (χ1n) is 15.7. The third kappa shape index (κ3) is 4.35. The lowest BCUT2D eigenvalue weighted by Crippen LogP contribution is -2.10. The number of hydrogen-bond acceptors (Lipinski definition) is 2. The van der Waals surface area contributed by atoms with Crippen molar-refractivity contribution >= 4 is 60.5 Å². The summed E-state index contributed by atoms with van der Waals surface area (Å²) in [6, 6.07) is 62.7. The molecule has 0 saturated heterocycles. The van der Waals surface area contributed by atoms with Crippen LogP contribution in [0.1, 0.15) is 0 Å². The van der Waals surface area contributed by atoms with E-state index in [9.17, 15) is 0 Å². The minimum atomic E-state index is 0.878. The van der Waals surface area contributed by atoms with Crippen molar-refractivity contribution in [3.05, 3.63) is 176 Å². The highest BCUT2D eigenvalue weighted by molar-refractivity contribution is 6.16. The summed E-state index contributed by atoms with van der Waals surface area (Å²) < 4.78 is 6.37. The molecule has 0 aliphatic carbocycles. The molecule has 1 heterocycles. The Morgan fingerprint density at radius 3 is 1.70 bits per heavy atom. The number of para-hydroxylation sites is 1. The minimum absolute atomic E-state index is 0.878. The molecule has 8 aromatic carbocycles. The van der Waals surface area contributed by atoms with E-state index >= 15 is 0 Å². The first-order valence-corrected chi connectivity index (χ1v) is 15.7. The highest BCUT2D eigenvalue weighted by atomic mass is 16.3. The molecule has 0 saturated carbocycles. The molecule has 0 bridgehead atoms. The number of fused-ring (bicyclic) bond motifs is 6. The quantitative estimate of drug-likeness (QED) is 0.186. The van der Waals surface area contributed by atoms with Gasteiger partial charge in [0.15, 0.2) is 0 Å². The molecular formula is C44H29NO. The zero-order chi connectivity index (χ0) is 30.5. The number of rotatable bonds is 5. The molecule has 0 fully saturated rings. The number of benzene rings is 8.